The Kier molecular flexibility index (Phi) is 6.12. The van der Waals surface area contributed by atoms with E-state index in [4.69, 9.17) is 11.6 Å². The molecule has 1 saturated heterocycles. The van der Waals surface area contributed by atoms with Gasteiger partial charge in [0, 0.05) is 56.0 Å². The van der Waals surface area contributed by atoms with Crippen molar-refractivity contribution in [3.05, 3.63) is 64.9 Å². The van der Waals surface area contributed by atoms with E-state index in [-0.39, 0.29) is 18.3 Å². The van der Waals surface area contributed by atoms with Crippen molar-refractivity contribution in [2.45, 2.75) is 6.54 Å². The SMILES string of the molecule is CN(Cc1ccccc1F)C(=O)CN1CCN(c2ccc(Cl)cc2)CC1. The number of carbonyl (C=O) groups is 1. The molecule has 1 heterocycles. The van der Waals surface area contributed by atoms with Gasteiger partial charge in [-0.2, -0.15) is 0 Å². The van der Waals surface area contributed by atoms with Crippen molar-refractivity contribution in [3.8, 4) is 0 Å². The van der Waals surface area contributed by atoms with Crippen molar-refractivity contribution in [1.29, 1.82) is 0 Å². The molecule has 0 N–H and O–H groups in total. The highest BCUT2D eigenvalue weighted by Crippen LogP contribution is 2.19. The van der Waals surface area contributed by atoms with Gasteiger partial charge in [0.15, 0.2) is 0 Å². The van der Waals surface area contributed by atoms with Gasteiger partial charge in [-0.3, -0.25) is 9.69 Å². The molecule has 3 rings (SSSR count). The van der Waals surface area contributed by atoms with Crippen molar-refractivity contribution in [1.82, 2.24) is 9.80 Å². The normalized spacial score (nSPS) is 15.1. The molecule has 1 fully saturated rings. The summed E-state index contributed by atoms with van der Waals surface area (Å²) in [5, 5.41) is 0.732. The number of benzene rings is 2. The Morgan fingerprint density at radius 1 is 1.08 bits per heavy atom. The maximum absolute atomic E-state index is 13.7. The van der Waals surface area contributed by atoms with Crippen molar-refractivity contribution < 1.29 is 9.18 Å². The lowest BCUT2D eigenvalue weighted by molar-refractivity contribution is -0.131. The summed E-state index contributed by atoms with van der Waals surface area (Å²) in [6.07, 6.45) is 0. The van der Waals surface area contributed by atoms with Crippen LogP contribution in [0.4, 0.5) is 10.1 Å². The molecule has 2 aromatic rings. The molecule has 0 bridgehead atoms. The maximum Gasteiger partial charge on any atom is 0.236 e. The number of hydrogen-bond donors (Lipinski definition) is 0. The molecular formula is C20H23ClFN3O. The number of amides is 1. The van der Waals surface area contributed by atoms with Gasteiger partial charge in [0.25, 0.3) is 0 Å². The summed E-state index contributed by atoms with van der Waals surface area (Å²) >= 11 is 5.94. The van der Waals surface area contributed by atoms with Gasteiger partial charge < -0.3 is 9.80 Å². The Hall–Kier alpha value is -2.11. The van der Waals surface area contributed by atoms with E-state index < -0.39 is 0 Å². The minimum atomic E-state index is -0.274. The van der Waals surface area contributed by atoms with Crippen LogP contribution in [0.1, 0.15) is 5.56 Å². The first-order valence-electron chi connectivity index (χ1n) is 8.73. The molecule has 138 valence electrons. The molecule has 1 aliphatic rings. The molecule has 0 unspecified atom stereocenters. The van der Waals surface area contributed by atoms with Gasteiger partial charge in [-0.25, -0.2) is 4.39 Å². The zero-order chi connectivity index (χ0) is 18.5. The molecule has 0 aliphatic carbocycles. The summed E-state index contributed by atoms with van der Waals surface area (Å²) in [6.45, 7) is 4.03. The van der Waals surface area contributed by atoms with Gasteiger partial charge in [0.2, 0.25) is 5.91 Å². The number of likely N-dealkylation sites (N-methyl/N-ethyl adjacent to an activating group) is 1. The number of piperazine rings is 1. The summed E-state index contributed by atoms with van der Waals surface area (Å²) < 4.78 is 13.7. The second-order valence-electron chi connectivity index (χ2n) is 6.58. The second kappa shape index (κ2) is 8.52. The van der Waals surface area contributed by atoms with Crippen molar-refractivity contribution in [2.24, 2.45) is 0 Å². The Labute approximate surface area is 158 Å². The van der Waals surface area contributed by atoms with E-state index in [2.05, 4.69) is 9.80 Å². The van der Waals surface area contributed by atoms with Crippen LogP contribution in [0.3, 0.4) is 0 Å². The third kappa shape index (κ3) is 4.74. The van der Waals surface area contributed by atoms with Gasteiger partial charge in [-0.05, 0) is 30.3 Å². The van der Waals surface area contributed by atoms with Gasteiger partial charge in [-0.1, -0.05) is 29.8 Å². The molecule has 4 nitrogen and oxygen atoms in total. The molecule has 1 amide bonds. The minimum Gasteiger partial charge on any atom is -0.369 e. The average Bonchev–Trinajstić information content (AvgIpc) is 2.65. The summed E-state index contributed by atoms with van der Waals surface area (Å²) in [4.78, 5) is 18.5. The Balaban J connectivity index is 1.48. The van der Waals surface area contributed by atoms with Crippen LogP contribution in [0.15, 0.2) is 48.5 Å². The van der Waals surface area contributed by atoms with E-state index in [1.54, 1.807) is 30.1 Å². The molecule has 0 atom stereocenters. The van der Waals surface area contributed by atoms with Crippen molar-refractivity contribution in [2.75, 3.05) is 44.7 Å². The quantitative estimate of drug-likeness (QED) is 0.802. The zero-order valence-electron chi connectivity index (χ0n) is 14.9. The third-order valence-electron chi connectivity index (χ3n) is 4.71. The summed E-state index contributed by atoms with van der Waals surface area (Å²) in [6, 6.07) is 14.4. The van der Waals surface area contributed by atoms with E-state index in [0.29, 0.717) is 12.1 Å². The third-order valence-corrected chi connectivity index (χ3v) is 4.97. The van der Waals surface area contributed by atoms with E-state index in [1.165, 1.54) is 6.07 Å². The molecule has 0 aromatic heterocycles. The van der Waals surface area contributed by atoms with E-state index in [1.807, 2.05) is 24.3 Å². The molecule has 1 aliphatic heterocycles. The minimum absolute atomic E-state index is 0.00759. The fraction of sp³-hybridized carbons (Fsp3) is 0.350. The summed E-state index contributed by atoms with van der Waals surface area (Å²) in [5.74, 6) is -0.267. The molecule has 0 spiro atoms. The Morgan fingerprint density at radius 3 is 2.38 bits per heavy atom. The fourth-order valence-electron chi connectivity index (χ4n) is 3.10. The van der Waals surface area contributed by atoms with Crippen molar-refractivity contribution in [3.63, 3.8) is 0 Å². The van der Waals surface area contributed by atoms with Crippen LogP contribution in [-0.2, 0) is 11.3 Å². The summed E-state index contributed by atoms with van der Waals surface area (Å²) in [5.41, 5.74) is 1.69. The first-order valence-corrected chi connectivity index (χ1v) is 9.11. The highest BCUT2D eigenvalue weighted by Gasteiger charge is 2.21. The zero-order valence-corrected chi connectivity index (χ0v) is 15.6. The lowest BCUT2D eigenvalue weighted by atomic mass is 10.2. The summed E-state index contributed by atoms with van der Waals surface area (Å²) in [7, 11) is 1.72. The maximum atomic E-state index is 13.7. The first kappa shape index (κ1) is 18.7. The number of hydrogen-bond acceptors (Lipinski definition) is 3. The van der Waals surface area contributed by atoms with Gasteiger partial charge in [0.1, 0.15) is 5.82 Å². The predicted octanol–water partition coefficient (Wildman–Crippen LogP) is 3.26. The topological polar surface area (TPSA) is 26.8 Å². The lowest BCUT2D eigenvalue weighted by Crippen LogP contribution is -2.49. The van der Waals surface area contributed by atoms with Crippen LogP contribution in [0.5, 0.6) is 0 Å². The number of carbonyl (C=O) groups excluding carboxylic acids is 1. The highest BCUT2D eigenvalue weighted by molar-refractivity contribution is 6.30. The van der Waals surface area contributed by atoms with E-state index in [9.17, 15) is 9.18 Å². The molecule has 6 heteroatoms. The largest absolute Gasteiger partial charge is 0.369 e. The second-order valence-corrected chi connectivity index (χ2v) is 7.02. The van der Waals surface area contributed by atoms with Crippen LogP contribution in [0, 0.1) is 5.82 Å². The van der Waals surface area contributed by atoms with Gasteiger partial charge >= 0.3 is 0 Å². The predicted molar refractivity (Wildman–Crippen MR) is 103 cm³/mol. The molecule has 26 heavy (non-hydrogen) atoms. The smallest absolute Gasteiger partial charge is 0.236 e. The van der Waals surface area contributed by atoms with E-state index in [0.717, 1.165) is 36.9 Å². The van der Waals surface area contributed by atoms with Crippen molar-refractivity contribution >= 4 is 23.2 Å². The molecule has 0 radical (unpaired) electrons. The monoisotopic (exact) mass is 375 g/mol. The van der Waals surface area contributed by atoms with E-state index >= 15 is 0 Å². The number of rotatable bonds is 5. The van der Waals surface area contributed by atoms with Crippen LogP contribution < -0.4 is 4.90 Å². The highest BCUT2D eigenvalue weighted by atomic mass is 35.5. The lowest BCUT2D eigenvalue weighted by Gasteiger charge is -2.36. The van der Waals surface area contributed by atoms with Crippen LogP contribution in [-0.4, -0.2) is 55.5 Å². The van der Waals surface area contributed by atoms with Crippen LogP contribution >= 0.6 is 11.6 Å². The van der Waals surface area contributed by atoms with Crippen LogP contribution in [0.2, 0.25) is 5.02 Å². The Morgan fingerprint density at radius 2 is 1.73 bits per heavy atom. The van der Waals surface area contributed by atoms with Gasteiger partial charge in [-0.15, -0.1) is 0 Å². The number of nitrogens with zero attached hydrogens (tertiary/aromatic N) is 3. The Bertz CT molecular complexity index is 745. The molecule has 0 saturated carbocycles. The number of halogens is 2. The standard InChI is InChI=1S/C20H23ClFN3O/c1-23(14-16-4-2-3-5-19(16)22)20(26)15-24-10-12-25(13-11-24)18-8-6-17(21)7-9-18/h2-9H,10-15H2,1H3. The average molecular weight is 376 g/mol. The molecule has 2 aromatic carbocycles. The molecular weight excluding hydrogens is 353 g/mol. The first-order chi connectivity index (χ1) is 12.5. The van der Waals surface area contributed by atoms with Crippen LogP contribution in [0.25, 0.3) is 0 Å². The fourth-order valence-corrected chi connectivity index (χ4v) is 3.22. The van der Waals surface area contributed by atoms with Gasteiger partial charge in [0.05, 0.1) is 6.54 Å². The number of anilines is 1.